The molecule has 2 heterocycles. The Hall–Kier alpha value is -4.45. The smallest absolute Gasteiger partial charge is 0.416 e. The third-order valence-electron chi connectivity index (χ3n) is 4.69. The van der Waals surface area contributed by atoms with Gasteiger partial charge in [-0.15, -0.1) is 0 Å². The Balaban J connectivity index is 1.36. The molecule has 0 aliphatic carbocycles. The summed E-state index contributed by atoms with van der Waals surface area (Å²) < 4.78 is 57.4. The van der Waals surface area contributed by atoms with E-state index in [0.29, 0.717) is 28.2 Å². The standard InChI is InChI=1S/C23H15ClF4N6O2/c24-14-8-17(20(29)30-9-14)12-1-4-16(5-2-12)36-22-31-10-15(11-32-22)33-21(35)34-19-6-3-13(7-18(19)25)23(26,27)28/h1-11H,(H2,29,30)(H2,33,34,35). The van der Waals surface area contributed by atoms with E-state index >= 15 is 0 Å². The van der Waals surface area contributed by atoms with E-state index in [4.69, 9.17) is 22.1 Å². The van der Waals surface area contributed by atoms with Crippen molar-refractivity contribution in [1.82, 2.24) is 15.0 Å². The first-order valence-corrected chi connectivity index (χ1v) is 10.4. The van der Waals surface area contributed by atoms with Crippen LogP contribution in [0.1, 0.15) is 5.56 Å². The van der Waals surface area contributed by atoms with Crippen LogP contribution in [0.25, 0.3) is 11.1 Å². The molecule has 13 heteroatoms. The van der Waals surface area contributed by atoms with Gasteiger partial charge in [0.05, 0.1) is 34.4 Å². The molecule has 0 aliphatic heterocycles. The van der Waals surface area contributed by atoms with Gasteiger partial charge in [-0.3, -0.25) is 0 Å². The first kappa shape index (κ1) is 24.7. The quantitative estimate of drug-likeness (QED) is 0.264. The number of nitrogens with zero attached hydrogens (tertiary/aromatic N) is 3. The maximum absolute atomic E-state index is 13.9. The van der Waals surface area contributed by atoms with E-state index in [0.717, 1.165) is 11.6 Å². The van der Waals surface area contributed by atoms with Crippen LogP contribution in [0.5, 0.6) is 11.8 Å². The summed E-state index contributed by atoms with van der Waals surface area (Å²) in [6.45, 7) is 0. The van der Waals surface area contributed by atoms with Crippen LogP contribution in [-0.4, -0.2) is 21.0 Å². The number of carbonyl (C=O) groups excluding carboxylic acids is 1. The van der Waals surface area contributed by atoms with Crippen LogP contribution >= 0.6 is 11.6 Å². The van der Waals surface area contributed by atoms with Crippen molar-refractivity contribution in [2.75, 3.05) is 16.4 Å². The zero-order valence-corrected chi connectivity index (χ0v) is 18.7. The predicted molar refractivity (Wildman–Crippen MR) is 125 cm³/mol. The van der Waals surface area contributed by atoms with Crippen LogP contribution in [0.2, 0.25) is 5.02 Å². The van der Waals surface area contributed by atoms with Crippen LogP contribution in [-0.2, 0) is 6.18 Å². The number of nitrogens with one attached hydrogen (secondary N) is 2. The highest BCUT2D eigenvalue weighted by Gasteiger charge is 2.31. The van der Waals surface area contributed by atoms with Gasteiger partial charge >= 0.3 is 18.2 Å². The normalized spacial score (nSPS) is 11.1. The summed E-state index contributed by atoms with van der Waals surface area (Å²) in [4.78, 5) is 24.0. The van der Waals surface area contributed by atoms with E-state index in [1.54, 1.807) is 30.3 Å². The molecule has 36 heavy (non-hydrogen) atoms. The number of nitrogens with two attached hydrogens (primary N) is 1. The molecule has 4 N–H and O–H groups in total. The van der Waals surface area contributed by atoms with Crippen molar-refractivity contribution in [2.24, 2.45) is 0 Å². The molecule has 8 nitrogen and oxygen atoms in total. The Morgan fingerprint density at radius 2 is 1.64 bits per heavy atom. The lowest BCUT2D eigenvalue weighted by Crippen LogP contribution is -2.20. The fourth-order valence-electron chi connectivity index (χ4n) is 3.00. The summed E-state index contributed by atoms with van der Waals surface area (Å²) in [7, 11) is 0. The van der Waals surface area contributed by atoms with E-state index in [-0.39, 0.29) is 17.8 Å². The largest absolute Gasteiger partial charge is 0.424 e. The Kier molecular flexibility index (Phi) is 6.88. The summed E-state index contributed by atoms with van der Waals surface area (Å²) in [5.74, 6) is -0.492. The Bertz CT molecular complexity index is 1400. The molecule has 4 rings (SSSR count). The average molecular weight is 519 g/mol. The SMILES string of the molecule is Nc1ncc(Cl)cc1-c1ccc(Oc2ncc(NC(=O)Nc3ccc(C(F)(F)F)cc3F)cn2)cc1. The van der Waals surface area contributed by atoms with Gasteiger partial charge in [0.15, 0.2) is 0 Å². The minimum Gasteiger partial charge on any atom is -0.424 e. The fraction of sp³-hybridized carbons (Fsp3) is 0.0435. The molecule has 0 fully saturated rings. The number of hydrogen-bond acceptors (Lipinski definition) is 6. The number of benzene rings is 2. The average Bonchev–Trinajstić information content (AvgIpc) is 2.83. The van der Waals surface area contributed by atoms with Gasteiger partial charge in [0.2, 0.25) is 0 Å². The van der Waals surface area contributed by atoms with Crippen molar-refractivity contribution < 1.29 is 27.1 Å². The maximum atomic E-state index is 13.9. The first-order chi connectivity index (χ1) is 17.1. The van der Waals surface area contributed by atoms with Crippen LogP contribution in [0, 0.1) is 5.82 Å². The summed E-state index contributed by atoms with van der Waals surface area (Å²) in [5, 5.41) is 4.90. The topological polar surface area (TPSA) is 115 Å². The molecule has 0 saturated carbocycles. The van der Waals surface area contributed by atoms with Gasteiger partial charge < -0.3 is 21.1 Å². The third-order valence-corrected chi connectivity index (χ3v) is 4.90. The lowest BCUT2D eigenvalue weighted by Gasteiger charge is -2.11. The van der Waals surface area contributed by atoms with E-state index in [1.807, 2.05) is 0 Å². The molecule has 184 valence electrons. The number of rotatable bonds is 5. The molecular formula is C23H15ClF4N6O2. The highest BCUT2D eigenvalue weighted by atomic mass is 35.5. The lowest BCUT2D eigenvalue weighted by atomic mass is 10.1. The van der Waals surface area contributed by atoms with Gasteiger partial charge in [0.25, 0.3) is 0 Å². The molecule has 0 atom stereocenters. The van der Waals surface area contributed by atoms with Crippen molar-refractivity contribution in [1.29, 1.82) is 0 Å². The van der Waals surface area contributed by atoms with Crippen molar-refractivity contribution >= 4 is 34.8 Å². The lowest BCUT2D eigenvalue weighted by molar-refractivity contribution is -0.137. The minimum atomic E-state index is -4.70. The van der Waals surface area contributed by atoms with Gasteiger partial charge in [0.1, 0.15) is 17.4 Å². The number of hydrogen-bond donors (Lipinski definition) is 3. The number of nitrogen functional groups attached to an aromatic ring is 1. The zero-order valence-electron chi connectivity index (χ0n) is 18.0. The minimum absolute atomic E-state index is 0.0218. The number of halogens is 5. The molecule has 0 radical (unpaired) electrons. The van der Waals surface area contributed by atoms with Crippen molar-refractivity contribution in [3.63, 3.8) is 0 Å². The molecule has 2 amide bonds. The number of urea groups is 1. The number of pyridine rings is 1. The number of aromatic nitrogens is 3. The number of amides is 2. The van der Waals surface area contributed by atoms with Crippen molar-refractivity contribution in [3.8, 4) is 22.9 Å². The highest BCUT2D eigenvalue weighted by Crippen LogP contribution is 2.32. The monoisotopic (exact) mass is 518 g/mol. The summed E-state index contributed by atoms with van der Waals surface area (Å²) in [6, 6.07) is 9.35. The van der Waals surface area contributed by atoms with Gasteiger partial charge in [-0.2, -0.15) is 13.2 Å². The second kappa shape index (κ2) is 10.0. The molecule has 0 spiro atoms. The van der Waals surface area contributed by atoms with E-state index in [9.17, 15) is 22.4 Å². The number of ether oxygens (including phenoxy) is 1. The van der Waals surface area contributed by atoms with E-state index in [2.05, 4.69) is 25.6 Å². The first-order valence-electron chi connectivity index (χ1n) is 10.0. The Labute approximate surface area is 206 Å². The van der Waals surface area contributed by atoms with Gasteiger partial charge in [-0.25, -0.2) is 24.1 Å². The number of carbonyl (C=O) groups is 1. The summed E-state index contributed by atoms with van der Waals surface area (Å²) in [5.41, 5.74) is 5.85. The Morgan fingerprint density at radius 3 is 2.28 bits per heavy atom. The molecule has 2 aromatic carbocycles. The van der Waals surface area contributed by atoms with E-state index < -0.39 is 29.3 Å². The predicted octanol–water partition coefficient (Wildman–Crippen LogP) is 6.37. The molecular weight excluding hydrogens is 504 g/mol. The maximum Gasteiger partial charge on any atom is 0.416 e. The van der Waals surface area contributed by atoms with Crippen molar-refractivity contribution in [3.05, 3.63) is 83.5 Å². The molecule has 2 aromatic heterocycles. The van der Waals surface area contributed by atoms with Gasteiger partial charge in [0, 0.05) is 11.8 Å². The van der Waals surface area contributed by atoms with Crippen LogP contribution in [0.15, 0.2) is 67.1 Å². The highest BCUT2D eigenvalue weighted by molar-refractivity contribution is 6.30. The van der Waals surface area contributed by atoms with Crippen molar-refractivity contribution in [2.45, 2.75) is 6.18 Å². The van der Waals surface area contributed by atoms with Gasteiger partial charge in [-0.1, -0.05) is 23.7 Å². The summed E-state index contributed by atoms with van der Waals surface area (Å²) >= 11 is 5.97. The number of alkyl halides is 3. The molecule has 0 saturated heterocycles. The van der Waals surface area contributed by atoms with Crippen LogP contribution < -0.4 is 21.1 Å². The molecule has 0 unspecified atom stereocenters. The third kappa shape index (κ3) is 5.96. The molecule has 4 aromatic rings. The van der Waals surface area contributed by atoms with Crippen LogP contribution in [0.4, 0.5) is 39.5 Å². The fourth-order valence-corrected chi connectivity index (χ4v) is 3.16. The Morgan fingerprint density at radius 1 is 0.944 bits per heavy atom. The molecule has 0 aliphatic rings. The second-order valence-corrected chi connectivity index (χ2v) is 7.68. The van der Waals surface area contributed by atoms with Gasteiger partial charge in [-0.05, 0) is 42.0 Å². The number of anilines is 3. The summed E-state index contributed by atoms with van der Waals surface area (Å²) in [6.07, 6.45) is -0.785. The zero-order chi connectivity index (χ0) is 25.9. The van der Waals surface area contributed by atoms with E-state index in [1.165, 1.54) is 18.6 Å². The second-order valence-electron chi connectivity index (χ2n) is 7.24. The van der Waals surface area contributed by atoms with Crippen LogP contribution in [0.3, 0.4) is 0 Å². The molecule has 0 bridgehead atoms.